The molecule has 0 aliphatic rings. The molecule has 3 heteroatoms. The average molecular weight is 257 g/mol. The molecule has 100 valence electrons. The molecule has 0 unspecified atom stereocenters. The van der Waals surface area contributed by atoms with Gasteiger partial charge in [0.15, 0.2) is 0 Å². The molecule has 0 saturated carbocycles. The van der Waals surface area contributed by atoms with Gasteiger partial charge in [0, 0.05) is 25.4 Å². The van der Waals surface area contributed by atoms with Gasteiger partial charge in [0.1, 0.15) is 5.75 Å². The summed E-state index contributed by atoms with van der Waals surface area (Å²) in [5, 5.41) is 3.38. The van der Waals surface area contributed by atoms with E-state index in [4.69, 9.17) is 9.47 Å². The van der Waals surface area contributed by atoms with Crippen LogP contribution in [-0.4, -0.2) is 14.2 Å². The summed E-state index contributed by atoms with van der Waals surface area (Å²) in [6.07, 6.45) is 0. The van der Waals surface area contributed by atoms with E-state index in [1.807, 2.05) is 24.3 Å². The molecule has 0 aliphatic carbocycles. The molecule has 19 heavy (non-hydrogen) atoms. The van der Waals surface area contributed by atoms with Gasteiger partial charge in [0.2, 0.25) is 0 Å². The standard InChI is InChI=1S/C16H19NO2/c1-18-12-14-6-3-5-13(9-14)11-17-15-7-4-8-16(10-15)19-2/h3-10,17H,11-12H2,1-2H3. The predicted octanol–water partition coefficient (Wildman–Crippen LogP) is 3.45. The number of anilines is 1. The Morgan fingerprint density at radius 2 is 1.74 bits per heavy atom. The third kappa shape index (κ3) is 4.00. The predicted molar refractivity (Wildman–Crippen MR) is 77.5 cm³/mol. The van der Waals surface area contributed by atoms with E-state index in [0.717, 1.165) is 18.0 Å². The van der Waals surface area contributed by atoms with Crippen molar-refractivity contribution in [3.8, 4) is 5.75 Å². The van der Waals surface area contributed by atoms with Crippen molar-refractivity contribution in [3.05, 3.63) is 59.7 Å². The molecule has 2 aromatic carbocycles. The van der Waals surface area contributed by atoms with Gasteiger partial charge in [-0.15, -0.1) is 0 Å². The van der Waals surface area contributed by atoms with Gasteiger partial charge in [-0.25, -0.2) is 0 Å². The molecule has 1 N–H and O–H groups in total. The molecule has 3 nitrogen and oxygen atoms in total. The quantitative estimate of drug-likeness (QED) is 0.859. The number of rotatable bonds is 6. The fraction of sp³-hybridized carbons (Fsp3) is 0.250. The number of hydrogen-bond donors (Lipinski definition) is 1. The lowest BCUT2D eigenvalue weighted by molar-refractivity contribution is 0.185. The van der Waals surface area contributed by atoms with Gasteiger partial charge >= 0.3 is 0 Å². The largest absolute Gasteiger partial charge is 0.497 e. The maximum Gasteiger partial charge on any atom is 0.120 e. The molecule has 2 aromatic rings. The van der Waals surface area contributed by atoms with Crippen LogP contribution in [0.5, 0.6) is 5.75 Å². The molecule has 0 amide bonds. The minimum atomic E-state index is 0.646. The van der Waals surface area contributed by atoms with E-state index in [1.54, 1.807) is 14.2 Å². The Kier molecular flexibility index (Phi) is 4.81. The summed E-state index contributed by atoms with van der Waals surface area (Å²) in [5.74, 6) is 0.859. The van der Waals surface area contributed by atoms with E-state index in [2.05, 4.69) is 29.6 Å². The zero-order chi connectivity index (χ0) is 13.5. The Morgan fingerprint density at radius 1 is 0.947 bits per heavy atom. The molecule has 0 heterocycles. The van der Waals surface area contributed by atoms with Crippen molar-refractivity contribution in [3.63, 3.8) is 0 Å². The van der Waals surface area contributed by atoms with Gasteiger partial charge in [-0.2, -0.15) is 0 Å². The maximum absolute atomic E-state index is 5.20. The first kappa shape index (κ1) is 13.4. The molecule has 0 fully saturated rings. The first-order valence-corrected chi connectivity index (χ1v) is 6.26. The smallest absolute Gasteiger partial charge is 0.120 e. The zero-order valence-corrected chi connectivity index (χ0v) is 11.3. The normalized spacial score (nSPS) is 10.2. The van der Waals surface area contributed by atoms with Crippen LogP contribution < -0.4 is 10.1 Å². The summed E-state index contributed by atoms with van der Waals surface area (Å²) >= 11 is 0. The van der Waals surface area contributed by atoms with Crippen LogP contribution in [0, 0.1) is 0 Å². The second kappa shape index (κ2) is 6.81. The van der Waals surface area contributed by atoms with Crippen molar-refractivity contribution in [1.29, 1.82) is 0 Å². The number of hydrogen-bond acceptors (Lipinski definition) is 3. The summed E-state index contributed by atoms with van der Waals surface area (Å²) in [4.78, 5) is 0. The Morgan fingerprint density at radius 3 is 2.53 bits per heavy atom. The molecular formula is C16H19NO2. The lowest BCUT2D eigenvalue weighted by Crippen LogP contribution is -2.00. The fourth-order valence-corrected chi connectivity index (χ4v) is 1.93. The topological polar surface area (TPSA) is 30.5 Å². The van der Waals surface area contributed by atoms with E-state index >= 15 is 0 Å². The first-order valence-electron chi connectivity index (χ1n) is 6.26. The fourth-order valence-electron chi connectivity index (χ4n) is 1.93. The van der Waals surface area contributed by atoms with Crippen LogP contribution in [0.3, 0.4) is 0 Å². The summed E-state index contributed by atoms with van der Waals surface area (Å²) in [5.41, 5.74) is 3.47. The van der Waals surface area contributed by atoms with Crippen LogP contribution in [0.15, 0.2) is 48.5 Å². The van der Waals surface area contributed by atoms with E-state index in [1.165, 1.54) is 11.1 Å². The molecule has 0 aromatic heterocycles. The Hall–Kier alpha value is -2.00. The third-order valence-corrected chi connectivity index (χ3v) is 2.87. The van der Waals surface area contributed by atoms with Crippen LogP contribution in [0.4, 0.5) is 5.69 Å². The second-order valence-electron chi connectivity index (χ2n) is 4.34. The van der Waals surface area contributed by atoms with Crippen molar-refractivity contribution in [2.45, 2.75) is 13.2 Å². The Labute approximate surface area is 114 Å². The molecule has 0 radical (unpaired) electrons. The summed E-state index contributed by atoms with van der Waals surface area (Å²) in [6.45, 7) is 1.43. The van der Waals surface area contributed by atoms with Crippen LogP contribution in [0.1, 0.15) is 11.1 Å². The first-order chi connectivity index (χ1) is 9.31. The summed E-state index contributed by atoms with van der Waals surface area (Å²) in [7, 11) is 3.38. The highest BCUT2D eigenvalue weighted by Gasteiger charge is 1.98. The highest BCUT2D eigenvalue weighted by atomic mass is 16.5. The summed E-state index contributed by atoms with van der Waals surface area (Å²) < 4.78 is 10.3. The number of benzene rings is 2. The lowest BCUT2D eigenvalue weighted by atomic mass is 10.1. The summed E-state index contributed by atoms with van der Waals surface area (Å²) in [6, 6.07) is 16.3. The number of ether oxygens (including phenoxy) is 2. The van der Waals surface area contributed by atoms with Crippen molar-refractivity contribution < 1.29 is 9.47 Å². The molecule has 0 spiro atoms. The van der Waals surface area contributed by atoms with Crippen molar-refractivity contribution in [1.82, 2.24) is 0 Å². The maximum atomic E-state index is 5.20. The lowest BCUT2D eigenvalue weighted by Gasteiger charge is -2.09. The van der Waals surface area contributed by atoms with Gasteiger partial charge in [-0.05, 0) is 23.3 Å². The molecule has 0 bridgehead atoms. The van der Waals surface area contributed by atoms with E-state index in [0.29, 0.717) is 6.61 Å². The molecule has 0 saturated heterocycles. The number of nitrogens with one attached hydrogen (secondary N) is 1. The molecule has 2 rings (SSSR count). The molecular weight excluding hydrogens is 238 g/mol. The van der Waals surface area contributed by atoms with Crippen molar-refractivity contribution in [2.75, 3.05) is 19.5 Å². The monoisotopic (exact) mass is 257 g/mol. The van der Waals surface area contributed by atoms with Gasteiger partial charge in [0.25, 0.3) is 0 Å². The van der Waals surface area contributed by atoms with Gasteiger partial charge in [-0.3, -0.25) is 0 Å². The van der Waals surface area contributed by atoms with Gasteiger partial charge in [-0.1, -0.05) is 30.3 Å². The van der Waals surface area contributed by atoms with Crippen LogP contribution in [-0.2, 0) is 17.9 Å². The SMILES string of the molecule is COCc1cccc(CNc2cccc(OC)c2)c1. The highest BCUT2D eigenvalue weighted by Crippen LogP contribution is 2.17. The molecule has 0 aliphatic heterocycles. The highest BCUT2D eigenvalue weighted by molar-refractivity contribution is 5.48. The zero-order valence-electron chi connectivity index (χ0n) is 11.3. The van der Waals surface area contributed by atoms with Crippen LogP contribution in [0.25, 0.3) is 0 Å². The van der Waals surface area contributed by atoms with E-state index < -0.39 is 0 Å². The van der Waals surface area contributed by atoms with Crippen LogP contribution >= 0.6 is 0 Å². The third-order valence-electron chi connectivity index (χ3n) is 2.87. The van der Waals surface area contributed by atoms with Gasteiger partial charge in [0.05, 0.1) is 13.7 Å². The Balaban J connectivity index is 1.99. The van der Waals surface area contributed by atoms with Crippen molar-refractivity contribution >= 4 is 5.69 Å². The van der Waals surface area contributed by atoms with Crippen LogP contribution in [0.2, 0.25) is 0 Å². The second-order valence-corrected chi connectivity index (χ2v) is 4.34. The molecule has 0 atom stereocenters. The average Bonchev–Trinajstić information content (AvgIpc) is 2.46. The minimum absolute atomic E-state index is 0.646. The van der Waals surface area contributed by atoms with Crippen molar-refractivity contribution in [2.24, 2.45) is 0 Å². The Bertz CT molecular complexity index is 526. The van der Waals surface area contributed by atoms with E-state index in [-0.39, 0.29) is 0 Å². The number of methoxy groups -OCH3 is 2. The van der Waals surface area contributed by atoms with Gasteiger partial charge < -0.3 is 14.8 Å². The van der Waals surface area contributed by atoms with E-state index in [9.17, 15) is 0 Å². The minimum Gasteiger partial charge on any atom is -0.497 e.